The minimum Gasteiger partial charge on any atom is -0.375 e. The van der Waals surface area contributed by atoms with E-state index in [1.165, 1.54) is 5.39 Å². The van der Waals surface area contributed by atoms with Crippen molar-refractivity contribution in [1.29, 1.82) is 0 Å². The number of H-pyrrole nitrogens is 1. The average molecular weight is 386 g/mol. The Bertz CT molecular complexity index is 868. The molecule has 7 heteroatoms. The molecule has 6 nitrogen and oxygen atoms in total. The Morgan fingerprint density at radius 2 is 2.22 bits per heavy atom. The zero-order valence-electron chi connectivity index (χ0n) is 16.3. The number of ether oxygens (including phenoxy) is 1. The number of aliphatic imine (C=N–C) groups is 1. The van der Waals surface area contributed by atoms with Gasteiger partial charge in [0, 0.05) is 37.3 Å². The molecule has 0 spiro atoms. The molecule has 0 aliphatic rings. The summed E-state index contributed by atoms with van der Waals surface area (Å²) in [5, 5.41) is 7.66. The lowest BCUT2D eigenvalue weighted by molar-refractivity contribution is 0.119. The highest BCUT2D eigenvalue weighted by Crippen LogP contribution is 2.21. The van der Waals surface area contributed by atoms with Crippen LogP contribution in [-0.4, -0.2) is 41.5 Å². The van der Waals surface area contributed by atoms with Gasteiger partial charge in [0.05, 0.1) is 18.8 Å². The quantitative estimate of drug-likeness (QED) is 0.478. The maximum Gasteiger partial charge on any atom is 0.194 e. The predicted molar refractivity (Wildman–Crippen MR) is 112 cm³/mol. The van der Waals surface area contributed by atoms with Crippen LogP contribution in [0.25, 0.3) is 10.9 Å². The van der Waals surface area contributed by atoms with Crippen LogP contribution in [-0.2, 0) is 17.8 Å². The fourth-order valence-corrected chi connectivity index (χ4v) is 3.69. The van der Waals surface area contributed by atoms with Crippen LogP contribution in [0.2, 0.25) is 0 Å². The minimum absolute atomic E-state index is 0.0259. The molecule has 0 fully saturated rings. The zero-order valence-corrected chi connectivity index (χ0v) is 17.1. The molecule has 0 aliphatic carbocycles. The Morgan fingerprint density at radius 3 is 2.96 bits per heavy atom. The van der Waals surface area contributed by atoms with E-state index >= 15 is 0 Å². The van der Waals surface area contributed by atoms with Crippen molar-refractivity contribution >= 4 is 28.2 Å². The predicted octanol–water partition coefficient (Wildman–Crippen LogP) is 3.93. The first-order valence-corrected chi connectivity index (χ1v) is 10.0. The number of hydrogen-bond donors (Lipinski definition) is 2. The molecule has 1 atom stereocenters. The second-order valence-corrected chi connectivity index (χ2v) is 7.35. The normalized spacial score (nSPS) is 13.1. The van der Waals surface area contributed by atoms with Gasteiger partial charge in [-0.2, -0.15) is 0 Å². The summed E-state index contributed by atoms with van der Waals surface area (Å²) in [4.78, 5) is 15.0. The third kappa shape index (κ3) is 4.87. The molecule has 2 heterocycles. The van der Waals surface area contributed by atoms with Crippen molar-refractivity contribution in [1.82, 2.24) is 20.2 Å². The fourth-order valence-electron chi connectivity index (χ4n) is 2.85. The van der Waals surface area contributed by atoms with Crippen LogP contribution < -0.4 is 5.32 Å². The Hall–Kier alpha value is -2.38. The zero-order chi connectivity index (χ0) is 19.2. The van der Waals surface area contributed by atoms with Gasteiger partial charge >= 0.3 is 0 Å². The lowest BCUT2D eigenvalue weighted by atomic mass is 10.2. The lowest BCUT2D eigenvalue weighted by Crippen LogP contribution is -2.38. The van der Waals surface area contributed by atoms with Gasteiger partial charge in [-0.05, 0) is 31.4 Å². The number of aromatic nitrogens is 2. The molecule has 0 bridgehead atoms. The highest BCUT2D eigenvalue weighted by atomic mass is 32.1. The summed E-state index contributed by atoms with van der Waals surface area (Å²) in [5.41, 5.74) is 3.27. The van der Waals surface area contributed by atoms with E-state index in [4.69, 9.17) is 9.73 Å². The molecule has 2 aromatic heterocycles. The van der Waals surface area contributed by atoms with Crippen LogP contribution in [0.5, 0.6) is 0 Å². The molecule has 0 amide bonds. The van der Waals surface area contributed by atoms with Gasteiger partial charge in [-0.15, -0.1) is 11.3 Å². The van der Waals surface area contributed by atoms with Crippen LogP contribution in [0.4, 0.5) is 0 Å². The number of benzene rings is 1. The number of para-hydroxylation sites is 1. The van der Waals surface area contributed by atoms with Crippen molar-refractivity contribution in [3.05, 3.63) is 52.1 Å². The van der Waals surface area contributed by atoms with Crippen molar-refractivity contribution in [2.24, 2.45) is 4.99 Å². The number of methoxy groups -OCH3 is 1. The summed E-state index contributed by atoms with van der Waals surface area (Å²) < 4.78 is 5.35. The highest BCUT2D eigenvalue weighted by Gasteiger charge is 2.13. The first-order chi connectivity index (χ1) is 13.1. The molecule has 144 valence electrons. The maximum absolute atomic E-state index is 5.35. The van der Waals surface area contributed by atoms with Crippen molar-refractivity contribution in [2.75, 3.05) is 20.7 Å². The van der Waals surface area contributed by atoms with Gasteiger partial charge in [0.15, 0.2) is 5.96 Å². The van der Waals surface area contributed by atoms with Gasteiger partial charge in [-0.25, -0.2) is 9.98 Å². The van der Waals surface area contributed by atoms with E-state index in [0.717, 1.165) is 34.4 Å². The van der Waals surface area contributed by atoms with Crippen LogP contribution in [0, 0.1) is 0 Å². The van der Waals surface area contributed by atoms with E-state index in [1.807, 2.05) is 26.1 Å². The smallest absolute Gasteiger partial charge is 0.194 e. The van der Waals surface area contributed by atoms with Crippen LogP contribution in [0.3, 0.4) is 0 Å². The van der Waals surface area contributed by atoms with Gasteiger partial charge < -0.3 is 19.9 Å². The van der Waals surface area contributed by atoms with Gasteiger partial charge in [-0.3, -0.25) is 0 Å². The summed E-state index contributed by atoms with van der Waals surface area (Å²) in [5.74, 6) is 0.866. The molecule has 0 saturated carbocycles. The Labute approximate surface area is 164 Å². The van der Waals surface area contributed by atoms with E-state index in [0.29, 0.717) is 13.1 Å². The van der Waals surface area contributed by atoms with E-state index < -0.39 is 0 Å². The molecule has 0 radical (unpaired) electrons. The van der Waals surface area contributed by atoms with Crippen molar-refractivity contribution in [3.63, 3.8) is 0 Å². The van der Waals surface area contributed by atoms with E-state index in [-0.39, 0.29) is 6.10 Å². The summed E-state index contributed by atoms with van der Waals surface area (Å²) in [6.07, 6.45) is 0.0259. The lowest BCUT2D eigenvalue weighted by Gasteiger charge is -2.21. The number of fused-ring (bicyclic) bond motifs is 1. The molecule has 27 heavy (non-hydrogen) atoms. The third-order valence-electron chi connectivity index (χ3n) is 4.35. The third-order valence-corrected chi connectivity index (χ3v) is 5.41. The minimum atomic E-state index is 0.0259. The summed E-state index contributed by atoms with van der Waals surface area (Å²) in [7, 11) is 3.74. The van der Waals surface area contributed by atoms with Crippen molar-refractivity contribution in [2.45, 2.75) is 33.0 Å². The fraction of sp³-hybridized carbons (Fsp3) is 0.400. The number of aromatic amines is 1. The van der Waals surface area contributed by atoms with Gasteiger partial charge in [0.2, 0.25) is 0 Å². The number of hydrogen-bond acceptors (Lipinski definition) is 4. The molecular weight excluding hydrogens is 358 g/mol. The monoisotopic (exact) mass is 385 g/mol. The summed E-state index contributed by atoms with van der Waals surface area (Å²) >= 11 is 1.63. The second-order valence-electron chi connectivity index (χ2n) is 6.46. The molecule has 3 aromatic rings. The van der Waals surface area contributed by atoms with E-state index in [9.17, 15) is 0 Å². The number of rotatable bonds is 7. The van der Waals surface area contributed by atoms with E-state index in [2.05, 4.69) is 50.7 Å². The number of thiazole rings is 1. The molecular formula is C20H27N5OS. The van der Waals surface area contributed by atoms with Gasteiger partial charge in [0.25, 0.3) is 0 Å². The topological polar surface area (TPSA) is 65.5 Å². The van der Waals surface area contributed by atoms with Gasteiger partial charge in [0.1, 0.15) is 11.1 Å². The number of nitrogens with zero attached hydrogens (tertiary/aromatic N) is 3. The Kier molecular flexibility index (Phi) is 6.47. The number of nitrogens with one attached hydrogen (secondary N) is 2. The first kappa shape index (κ1) is 19.4. The number of guanidine groups is 1. The van der Waals surface area contributed by atoms with Crippen LogP contribution >= 0.6 is 11.3 Å². The molecule has 1 aromatic carbocycles. The Morgan fingerprint density at radius 1 is 1.41 bits per heavy atom. The average Bonchev–Trinajstić information content (AvgIpc) is 3.30. The van der Waals surface area contributed by atoms with Crippen LogP contribution in [0.15, 0.2) is 40.7 Å². The Balaban J connectivity index is 1.69. The summed E-state index contributed by atoms with van der Waals surface area (Å²) in [6, 6.07) is 10.4. The maximum atomic E-state index is 5.35. The first-order valence-electron chi connectivity index (χ1n) is 9.14. The van der Waals surface area contributed by atoms with E-state index in [1.54, 1.807) is 18.4 Å². The standard InChI is InChI=1S/C20H27N5OS/c1-5-21-20(22-11-16-10-15-8-6-7-9-18(15)23-16)25(3)12-17-13-27-19(24-17)14(2)26-4/h6-10,13-14,23H,5,11-12H2,1-4H3,(H,21,22). The van der Waals surface area contributed by atoms with Crippen molar-refractivity contribution < 1.29 is 4.74 Å². The molecule has 0 aliphatic heterocycles. The molecule has 3 rings (SSSR count). The van der Waals surface area contributed by atoms with Gasteiger partial charge in [-0.1, -0.05) is 18.2 Å². The largest absolute Gasteiger partial charge is 0.375 e. The second kappa shape index (κ2) is 9.01. The van der Waals surface area contributed by atoms with Crippen LogP contribution in [0.1, 0.15) is 36.3 Å². The van der Waals surface area contributed by atoms with Crippen molar-refractivity contribution in [3.8, 4) is 0 Å². The SMILES string of the molecule is CCNC(=NCc1cc2ccccc2[nH]1)N(C)Cc1csc(C(C)OC)n1. The molecule has 2 N–H and O–H groups in total. The molecule has 1 unspecified atom stereocenters. The summed E-state index contributed by atoms with van der Waals surface area (Å²) in [6.45, 7) is 6.21. The molecule has 0 saturated heterocycles. The highest BCUT2D eigenvalue weighted by molar-refractivity contribution is 7.09.